The standard InChI is InChI=1S/C15H16N2O3/c1-2-16(11-14(18)19)15(20)12-5-7-13(8-6-12)17-9-3-4-10-17/h3-10H,2,11H2,1H3,(H,18,19). The second-order valence-corrected chi connectivity index (χ2v) is 4.35. The van der Waals surface area contributed by atoms with Crippen LogP contribution in [-0.2, 0) is 4.79 Å². The Morgan fingerprint density at radius 3 is 2.25 bits per heavy atom. The highest BCUT2D eigenvalue weighted by atomic mass is 16.4. The molecule has 1 N–H and O–H groups in total. The molecule has 5 heteroatoms. The van der Waals surface area contributed by atoms with Gasteiger partial charge in [0.25, 0.3) is 5.91 Å². The minimum Gasteiger partial charge on any atom is -0.480 e. The summed E-state index contributed by atoms with van der Waals surface area (Å²) in [4.78, 5) is 24.2. The van der Waals surface area contributed by atoms with E-state index < -0.39 is 5.97 Å². The highest BCUT2D eigenvalue weighted by Gasteiger charge is 2.16. The van der Waals surface area contributed by atoms with Gasteiger partial charge in [-0.05, 0) is 43.3 Å². The van der Waals surface area contributed by atoms with Crippen molar-refractivity contribution in [3.63, 3.8) is 0 Å². The molecule has 0 spiro atoms. The maximum Gasteiger partial charge on any atom is 0.323 e. The lowest BCUT2D eigenvalue weighted by molar-refractivity contribution is -0.137. The van der Waals surface area contributed by atoms with E-state index in [1.54, 1.807) is 19.1 Å². The van der Waals surface area contributed by atoms with Gasteiger partial charge >= 0.3 is 5.97 Å². The Labute approximate surface area is 117 Å². The molecule has 0 aliphatic heterocycles. The van der Waals surface area contributed by atoms with Crippen LogP contribution in [0.2, 0.25) is 0 Å². The molecule has 2 rings (SSSR count). The summed E-state index contributed by atoms with van der Waals surface area (Å²) in [7, 11) is 0. The molecule has 0 atom stereocenters. The zero-order chi connectivity index (χ0) is 14.5. The van der Waals surface area contributed by atoms with Crippen molar-refractivity contribution in [3.8, 4) is 5.69 Å². The fraction of sp³-hybridized carbons (Fsp3) is 0.200. The number of carbonyl (C=O) groups is 2. The van der Waals surface area contributed by atoms with Gasteiger partial charge in [-0.1, -0.05) is 0 Å². The summed E-state index contributed by atoms with van der Waals surface area (Å²) in [6, 6.07) is 10.9. The minimum atomic E-state index is -1.01. The normalized spacial score (nSPS) is 10.2. The Morgan fingerprint density at radius 2 is 1.75 bits per heavy atom. The fourth-order valence-corrected chi connectivity index (χ4v) is 1.96. The van der Waals surface area contributed by atoms with Crippen molar-refractivity contribution < 1.29 is 14.7 Å². The van der Waals surface area contributed by atoms with Crippen molar-refractivity contribution >= 4 is 11.9 Å². The number of rotatable bonds is 5. The number of carboxylic acids is 1. The topological polar surface area (TPSA) is 62.5 Å². The predicted octanol–water partition coefficient (Wildman–Crippen LogP) is 2.02. The summed E-state index contributed by atoms with van der Waals surface area (Å²) < 4.78 is 1.93. The van der Waals surface area contributed by atoms with E-state index in [0.29, 0.717) is 12.1 Å². The van der Waals surface area contributed by atoms with E-state index in [0.717, 1.165) is 5.69 Å². The second kappa shape index (κ2) is 6.06. The van der Waals surface area contributed by atoms with E-state index in [-0.39, 0.29) is 12.5 Å². The Balaban J connectivity index is 2.16. The molecule has 1 heterocycles. The largest absolute Gasteiger partial charge is 0.480 e. The molecule has 0 bridgehead atoms. The first kappa shape index (κ1) is 13.9. The molecule has 104 valence electrons. The molecule has 0 saturated heterocycles. The van der Waals surface area contributed by atoms with Crippen LogP contribution in [0.4, 0.5) is 0 Å². The van der Waals surface area contributed by atoms with Crippen LogP contribution in [0.25, 0.3) is 5.69 Å². The summed E-state index contributed by atoms with van der Waals surface area (Å²) >= 11 is 0. The van der Waals surface area contributed by atoms with Crippen molar-refractivity contribution in [2.45, 2.75) is 6.92 Å². The highest BCUT2D eigenvalue weighted by molar-refractivity contribution is 5.96. The molecule has 1 aromatic carbocycles. The first-order valence-electron chi connectivity index (χ1n) is 6.36. The van der Waals surface area contributed by atoms with Gasteiger partial charge in [-0.15, -0.1) is 0 Å². The van der Waals surface area contributed by atoms with Gasteiger partial charge < -0.3 is 14.6 Å². The average molecular weight is 272 g/mol. The quantitative estimate of drug-likeness (QED) is 0.905. The monoisotopic (exact) mass is 272 g/mol. The highest BCUT2D eigenvalue weighted by Crippen LogP contribution is 2.12. The lowest BCUT2D eigenvalue weighted by Gasteiger charge is -2.18. The SMILES string of the molecule is CCN(CC(=O)O)C(=O)c1ccc(-n2cccc2)cc1. The summed E-state index contributed by atoms with van der Waals surface area (Å²) in [6.45, 7) is 1.84. The molecular weight excluding hydrogens is 256 g/mol. The van der Waals surface area contributed by atoms with Gasteiger partial charge in [0.2, 0.25) is 0 Å². The van der Waals surface area contributed by atoms with Gasteiger partial charge in [0, 0.05) is 30.2 Å². The maximum atomic E-state index is 12.2. The van der Waals surface area contributed by atoms with Gasteiger partial charge in [-0.25, -0.2) is 0 Å². The molecule has 1 amide bonds. The fourth-order valence-electron chi connectivity index (χ4n) is 1.96. The number of carboxylic acid groups (broad SMARTS) is 1. The number of hydrogen-bond donors (Lipinski definition) is 1. The van der Waals surface area contributed by atoms with E-state index in [4.69, 9.17) is 5.11 Å². The van der Waals surface area contributed by atoms with Gasteiger partial charge in [-0.3, -0.25) is 9.59 Å². The van der Waals surface area contributed by atoms with Gasteiger partial charge in [-0.2, -0.15) is 0 Å². The summed E-state index contributed by atoms with van der Waals surface area (Å²) in [6.07, 6.45) is 3.83. The third-order valence-electron chi connectivity index (χ3n) is 3.01. The van der Waals surface area contributed by atoms with Crippen LogP contribution in [0.1, 0.15) is 17.3 Å². The van der Waals surface area contributed by atoms with E-state index in [9.17, 15) is 9.59 Å². The second-order valence-electron chi connectivity index (χ2n) is 4.35. The van der Waals surface area contributed by atoms with E-state index in [2.05, 4.69) is 0 Å². The molecule has 0 aliphatic rings. The van der Waals surface area contributed by atoms with Crippen molar-refractivity contribution in [2.75, 3.05) is 13.1 Å². The first-order valence-corrected chi connectivity index (χ1v) is 6.36. The van der Waals surface area contributed by atoms with Crippen molar-refractivity contribution in [3.05, 3.63) is 54.4 Å². The molecule has 5 nitrogen and oxygen atoms in total. The van der Waals surface area contributed by atoms with Gasteiger partial charge in [0.15, 0.2) is 0 Å². The molecular formula is C15H16N2O3. The Hall–Kier alpha value is -2.56. The first-order chi connectivity index (χ1) is 9.61. The molecule has 0 aliphatic carbocycles. The number of carbonyl (C=O) groups excluding carboxylic acids is 1. The molecule has 0 unspecified atom stereocenters. The number of aliphatic carboxylic acids is 1. The average Bonchev–Trinajstić information content (AvgIpc) is 2.98. The lowest BCUT2D eigenvalue weighted by Crippen LogP contribution is -2.35. The number of benzene rings is 1. The summed E-state index contributed by atoms with van der Waals surface area (Å²) in [5.74, 6) is -1.28. The Bertz CT molecular complexity index is 588. The van der Waals surface area contributed by atoms with Crippen LogP contribution < -0.4 is 0 Å². The smallest absolute Gasteiger partial charge is 0.323 e. The molecule has 0 radical (unpaired) electrons. The van der Waals surface area contributed by atoms with Crippen molar-refractivity contribution in [1.82, 2.24) is 9.47 Å². The number of likely N-dealkylation sites (N-methyl/N-ethyl adjacent to an activating group) is 1. The summed E-state index contributed by atoms with van der Waals surface area (Å²) in [5, 5.41) is 8.78. The van der Waals surface area contributed by atoms with Crippen LogP contribution in [0.5, 0.6) is 0 Å². The molecule has 20 heavy (non-hydrogen) atoms. The van der Waals surface area contributed by atoms with Gasteiger partial charge in [0.1, 0.15) is 6.54 Å². The molecule has 0 saturated carbocycles. The van der Waals surface area contributed by atoms with Crippen molar-refractivity contribution in [1.29, 1.82) is 0 Å². The predicted molar refractivity (Wildman–Crippen MR) is 75.0 cm³/mol. The van der Waals surface area contributed by atoms with E-state index in [1.807, 2.05) is 41.2 Å². The van der Waals surface area contributed by atoms with Crippen LogP contribution in [0.3, 0.4) is 0 Å². The van der Waals surface area contributed by atoms with E-state index in [1.165, 1.54) is 4.90 Å². The number of nitrogens with zero attached hydrogens (tertiary/aromatic N) is 2. The summed E-state index contributed by atoms with van der Waals surface area (Å²) in [5.41, 5.74) is 1.44. The zero-order valence-corrected chi connectivity index (χ0v) is 11.2. The van der Waals surface area contributed by atoms with Crippen LogP contribution >= 0.6 is 0 Å². The molecule has 2 aromatic rings. The van der Waals surface area contributed by atoms with Crippen LogP contribution in [0.15, 0.2) is 48.8 Å². The van der Waals surface area contributed by atoms with Crippen molar-refractivity contribution in [2.24, 2.45) is 0 Å². The maximum absolute atomic E-state index is 12.2. The van der Waals surface area contributed by atoms with Crippen LogP contribution in [0, 0.1) is 0 Å². The molecule has 0 fully saturated rings. The third kappa shape index (κ3) is 3.06. The zero-order valence-electron chi connectivity index (χ0n) is 11.2. The number of aromatic nitrogens is 1. The minimum absolute atomic E-state index is 0.269. The van der Waals surface area contributed by atoms with Gasteiger partial charge in [0.05, 0.1) is 0 Å². The van der Waals surface area contributed by atoms with E-state index >= 15 is 0 Å². The third-order valence-corrected chi connectivity index (χ3v) is 3.01. The Kier molecular flexibility index (Phi) is 4.20. The molecule has 1 aromatic heterocycles. The number of amides is 1. The van der Waals surface area contributed by atoms with Crippen LogP contribution in [-0.4, -0.2) is 39.5 Å². The number of hydrogen-bond acceptors (Lipinski definition) is 2. The lowest BCUT2D eigenvalue weighted by atomic mass is 10.1. The Morgan fingerprint density at radius 1 is 1.15 bits per heavy atom.